The van der Waals surface area contributed by atoms with Crippen LogP contribution in [-0.2, 0) is 16.1 Å². The van der Waals surface area contributed by atoms with E-state index >= 15 is 0 Å². The zero-order valence-electron chi connectivity index (χ0n) is 12.1. The van der Waals surface area contributed by atoms with Crippen molar-refractivity contribution in [2.45, 2.75) is 31.8 Å². The van der Waals surface area contributed by atoms with Crippen LogP contribution in [0.1, 0.15) is 24.8 Å². The van der Waals surface area contributed by atoms with Crippen LogP contribution in [0.2, 0.25) is 5.02 Å². The number of carboxylic acid groups (broad SMARTS) is 1. The molecular weight excluding hydrogens is 327 g/mol. The summed E-state index contributed by atoms with van der Waals surface area (Å²) in [4.78, 5) is 24.7. The molecule has 1 amide bonds. The predicted molar refractivity (Wildman–Crippen MR) is 87.4 cm³/mol. The van der Waals surface area contributed by atoms with Crippen molar-refractivity contribution in [3.05, 3.63) is 34.9 Å². The van der Waals surface area contributed by atoms with Crippen LogP contribution in [0.3, 0.4) is 0 Å². The number of nitrogens with one attached hydrogen (secondary N) is 1. The van der Waals surface area contributed by atoms with E-state index < -0.39 is 12.0 Å². The third kappa shape index (κ3) is 5.16. The number of hydrogen-bond acceptors (Lipinski definition) is 3. The number of amides is 1. The second kappa shape index (κ2) is 8.98. The summed E-state index contributed by atoms with van der Waals surface area (Å²) in [6.45, 7) is 1.61. The highest BCUT2D eigenvalue weighted by atomic mass is 35.5. The minimum atomic E-state index is -0.802. The molecule has 1 heterocycles. The molecule has 0 saturated carbocycles. The van der Waals surface area contributed by atoms with E-state index in [0.29, 0.717) is 31.0 Å². The highest BCUT2D eigenvalue weighted by Crippen LogP contribution is 2.17. The fraction of sp³-hybridized carbons (Fsp3) is 0.467. The molecule has 0 bridgehead atoms. The maximum atomic E-state index is 11.8. The lowest BCUT2D eigenvalue weighted by molar-refractivity contribution is -0.142. The number of carbonyl (C=O) groups excluding carboxylic acids is 1. The van der Waals surface area contributed by atoms with Crippen molar-refractivity contribution >= 4 is 35.9 Å². The minimum Gasteiger partial charge on any atom is -0.480 e. The van der Waals surface area contributed by atoms with E-state index in [1.165, 1.54) is 0 Å². The topological polar surface area (TPSA) is 69.6 Å². The Kier molecular flexibility index (Phi) is 7.65. The molecule has 0 aromatic heterocycles. The van der Waals surface area contributed by atoms with E-state index in [1.807, 2.05) is 23.1 Å². The molecule has 1 fully saturated rings. The third-order valence-corrected chi connectivity index (χ3v) is 4.08. The fourth-order valence-electron chi connectivity index (χ4n) is 2.54. The number of carbonyl (C=O) groups is 2. The van der Waals surface area contributed by atoms with Gasteiger partial charge in [0.1, 0.15) is 6.04 Å². The van der Waals surface area contributed by atoms with Gasteiger partial charge >= 0.3 is 5.97 Å². The lowest BCUT2D eigenvalue weighted by Crippen LogP contribution is -2.38. The average molecular weight is 347 g/mol. The summed E-state index contributed by atoms with van der Waals surface area (Å²) in [5.74, 6) is -0.894. The summed E-state index contributed by atoms with van der Waals surface area (Å²) in [6.07, 6.45) is 1.84. The lowest BCUT2D eigenvalue weighted by Gasteiger charge is -2.20. The summed E-state index contributed by atoms with van der Waals surface area (Å²) >= 11 is 6.02. The van der Waals surface area contributed by atoms with Crippen molar-refractivity contribution in [1.82, 2.24) is 10.2 Å². The van der Waals surface area contributed by atoms with Crippen LogP contribution in [0.15, 0.2) is 24.3 Å². The molecule has 0 radical (unpaired) electrons. The van der Waals surface area contributed by atoms with Crippen LogP contribution in [-0.4, -0.2) is 41.0 Å². The second-order valence-corrected chi connectivity index (χ2v) is 5.56. The Bertz CT molecular complexity index is 525. The summed E-state index contributed by atoms with van der Waals surface area (Å²) < 4.78 is 0. The van der Waals surface area contributed by atoms with E-state index in [9.17, 15) is 9.59 Å². The van der Waals surface area contributed by atoms with E-state index in [4.69, 9.17) is 16.7 Å². The van der Waals surface area contributed by atoms with Gasteiger partial charge in [0, 0.05) is 24.5 Å². The molecular formula is C15H20Cl2N2O3. The van der Waals surface area contributed by atoms with Crippen LogP contribution >= 0.6 is 24.0 Å². The Morgan fingerprint density at radius 3 is 2.77 bits per heavy atom. The van der Waals surface area contributed by atoms with Crippen molar-refractivity contribution in [2.75, 3.05) is 13.1 Å². The Morgan fingerprint density at radius 2 is 2.09 bits per heavy atom. The van der Waals surface area contributed by atoms with E-state index in [1.54, 1.807) is 6.07 Å². The van der Waals surface area contributed by atoms with Crippen molar-refractivity contribution in [3.8, 4) is 0 Å². The van der Waals surface area contributed by atoms with Gasteiger partial charge in [-0.2, -0.15) is 0 Å². The van der Waals surface area contributed by atoms with Gasteiger partial charge in [-0.15, -0.1) is 12.4 Å². The SMILES string of the molecule is Cl.O=C(CCN1CCC[C@@H]1C(=O)O)NCc1ccccc1Cl. The molecule has 1 aliphatic heterocycles. The van der Waals surface area contributed by atoms with Gasteiger partial charge in [0.25, 0.3) is 0 Å². The highest BCUT2D eigenvalue weighted by Gasteiger charge is 2.30. The number of rotatable bonds is 6. The van der Waals surface area contributed by atoms with Gasteiger partial charge in [-0.25, -0.2) is 0 Å². The second-order valence-electron chi connectivity index (χ2n) is 5.15. The monoisotopic (exact) mass is 346 g/mol. The zero-order valence-corrected chi connectivity index (χ0v) is 13.7. The van der Waals surface area contributed by atoms with Gasteiger partial charge in [0.2, 0.25) is 5.91 Å². The highest BCUT2D eigenvalue weighted by molar-refractivity contribution is 6.31. The van der Waals surface area contributed by atoms with Crippen molar-refractivity contribution in [1.29, 1.82) is 0 Å². The van der Waals surface area contributed by atoms with Crippen LogP contribution in [0.5, 0.6) is 0 Å². The number of benzene rings is 1. The molecule has 122 valence electrons. The molecule has 2 rings (SSSR count). The van der Waals surface area contributed by atoms with Gasteiger partial charge in [-0.05, 0) is 31.0 Å². The van der Waals surface area contributed by atoms with E-state index in [2.05, 4.69) is 5.32 Å². The summed E-state index contributed by atoms with van der Waals surface area (Å²) in [6, 6.07) is 6.91. The maximum Gasteiger partial charge on any atom is 0.320 e. The average Bonchev–Trinajstić information content (AvgIpc) is 2.93. The van der Waals surface area contributed by atoms with Crippen molar-refractivity contribution in [2.24, 2.45) is 0 Å². The first-order chi connectivity index (χ1) is 10.1. The van der Waals surface area contributed by atoms with Gasteiger partial charge in [0.15, 0.2) is 0 Å². The Morgan fingerprint density at radius 1 is 1.36 bits per heavy atom. The molecule has 0 unspecified atom stereocenters. The van der Waals surface area contributed by atoms with Crippen LogP contribution in [0.4, 0.5) is 0 Å². The molecule has 7 heteroatoms. The summed E-state index contributed by atoms with van der Waals surface area (Å²) in [7, 11) is 0. The zero-order chi connectivity index (χ0) is 15.2. The lowest BCUT2D eigenvalue weighted by atomic mass is 10.2. The smallest absolute Gasteiger partial charge is 0.320 e. The third-order valence-electron chi connectivity index (χ3n) is 3.71. The Balaban J connectivity index is 0.00000242. The summed E-state index contributed by atoms with van der Waals surface area (Å²) in [5.41, 5.74) is 0.872. The van der Waals surface area contributed by atoms with E-state index in [-0.39, 0.29) is 18.3 Å². The first-order valence-electron chi connectivity index (χ1n) is 7.05. The number of aliphatic carboxylic acids is 1. The molecule has 1 aromatic rings. The molecule has 5 nitrogen and oxygen atoms in total. The van der Waals surface area contributed by atoms with Gasteiger partial charge in [0.05, 0.1) is 0 Å². The van der Waals surface area contributed by atoms with Gasteiger partial charge in [-0.1, -0.05) is 29.8 Å². The molecule has 1 atom stereocenters. The van der Waals surface area contributed by atoms with Crippen LogP contribution in [0.25, 0.3) is 0 Å². The fourth-order valence-corrected chi connectivity index (χ4v) is 2.75. The first kappa shape index (κ1) is 18.7. The van der Waals surface area contributed by atoms with E-state index in [0.717, 1.165) is 18.5 Å². The molecule has 0 aliphatic carbocycles. The molecule has 1 aromatic carbocycles. The van der Waals surface area contributed by atoms with Crippen LogP contribution in [0, 0.1) is 0 Å². The largest absolute Gasteiger partial charge is 0.480 e. The standard InChI is InChI=1S/C15H19ClN2O3.ClH/c16-12-5-2-1-4-11(12)10-17-14(19)7-9-18-8-3-6-13(18)15(20)21;/h1-2,4-5,13H,3,6-10H2,(H,17,19)(H,20,21);1H/t13-;/m1./s1. The minimum absolute atomic E-state index is 0. The molecule has 22 heavy (non-hydrogen) atoms. The number of carboxylic acids is 1. The Labute approximate surface area is 141 Å². The first-order valence-corrected chi connectivity index (χ1v) is 7.42. The maximum absolute atomic E-state index is 11.8. The predicted octanol–water partition coefficient (Wildman–Crippen LogP) is 2.32. The Hall–Kier alpha value is -1.30. The number of nitrogens with zero attached hydrogens (tertiary/aromatic N) is 1. The van der Waals surface area contributed by atoms with Gasteiger partial charge in [-0.3, -0.25) is 14.5 Å². The normalized spacial score (nSPS) is 17.8. The molecule has 1 saturated heterocycles. The van der Waals surface area contributed by atoms with Crippen LogP contribution < -0.4 is 5.32 Å². The number of halogens is 2. The number of hydrogen-bond donors (Lipinski definition) is 2. The number of likely N-dealkylation sites (tertiary alicyclic amines) is 1. The van der Waals surface area contributed by atoms with Crippen molar-refractivity contribution < 1.29 is 14.7 Å². The molecule has 2 N–H and O–H groups in total. The van der Waals surface area contributed by atoms with Gasteiger partial charge < -0.3 is 10.4 Å². The quantitative estimate of drug-likeness (QED) is 0.829. The molecule has 1 aliphatic rings. The summed E-state index contributed by atoms with van der Waals surface area (Å²) in [5, 5.41) is 12.5. The van der Waals surface area contributed by atoms with Crippen molar-refractivity contribution in [3.63, 3.8) is 0 Å². The molecule has 0 spiro atoms.